The molecule has 12 heavy (non-hydrogen) atoms. The van der Waals surface area contributed by atoms with Gasteiger partial charge in [0.1, 0.15) is 5.01 Å². The molecule has 0 bridgehead atoms. The molecule has 1 unspecified atom stereocenters. The SMILES string of the molecule is CC(C)NC(C)c1ncc(Br)s1. The summed E-state index contributed by atoms with van der Waals surface area (Å²) in [5.74, 6) is 0. The molecule has 0 fully saturated rings. The van der Waals surface area contributed by atoms with Crippen molar-refractivity contribution >= 4 is 27.3 Å². The summed E-state index contributed by atoms with van der Waals surface area (Å²) in [5, 5.41) is 4.53. The van der Waals surface area contributed by atoms with Gasteiger partial charge in [-0.2, -0.15) is 0 Å². The Hall–Kier alpha value is 0.0700. The van der Waals surface area contributed by atoms with Crippen LogP contribution >= 0.6 is 27.3 Å². The lowest BCUT2D eigenvalue weighted by Gasteiger charge is -2.13. The number of nitrogens with one attached hydrogen (secondary N) is 1. The van der Waals surface area contributed by atoms with Crippen molar-refractivity contribution in [2.45, 2.75) is 32.9 Å². The van der Waals surface area contributed by atoms with Gasteiger partial charge in [-0.25, -0.2) is 4.98 Å². The Morgan fingerprint density at radius 1 is 1.50 bits per heavy atom. The molecule has 1 N–H and O–H groups in total. The zero-order chi connectivity index (χ0) is 9.14. The van der Waals surface area contributed by atoms with Crippen LogP contribution in [0.5, 0.6) is 0 Å². The second kappa shape index (κ2) is 4.35. The van der Waals surface area contributed by atoms with Crippen molar-refractivity contribution in [1.29, 1.82) is 0 Å². The second-order valence-corrected chi connectivity index (χ2v) is 5.49. The molecule has 1 atom stereocenters. The highest BCUT2D eigenvalue weighted by Crippen LogP contribution is 2.24. The standard InChI is InChI=1S/C8H13BrN2S/c1-5(2)11-6(3)8-10-4-7(9)12-8/h4-6,11H,1-3H3. The van der Waals surface area contributed by atoms with Crippen molar-refractivity contribution in [2.75, 3.05) is 0 Å². The van der Waals surface area contributed by atoms with Gasteiger partial charge in [-0.05, 0) is 22.9 Å². The molecule has 4 heteroatoms. The first kappa shape index (κ1) is 10.2. The zero-order valence-electron chi connectivity index (χ0n) is 7.47. The Kier molecular flexibility index (Phi) is 3.68. The minimum absolute atomic E-state index is 0.348. The average molecular weight is 249 g/mol. The maximum atomic E-state index is 4.28. The van der Waals surface area contributed by atoms with Crippen LogP contribution in [0.3, 0.4) is 0 Å². The number of rotatable bonds is 3. The molecule has 1 aromatic heterocycles. The first-order valence-corrected chi connectivity index (χ1v) is 5.58. The normalized spacial score (nSPS) is 13.8. The summed E-state index contributed by atoms with van der Waals surface area (Å²) in [5.41, 5.74) is 0. The summed E-state index contributed by atoms with van der Waals surface area (Å²) >= 11 is 5.08. The van der Waals surface area contributed by atoms with Crippen molar-refractivity contribution in [1.82, 2.24) is 10.3 Å². The van der Waals surface area contributed by atoms with Crippen LogP contribution in [0.25, 0.3) is 0 Å². The number of hydrogen-bond acceptors (Lipinski definition) is 3. The van der Waals surface area contributed by atoms with Crippen molar-refractivity contribution in [2.24, 2.45) is 0 Å². The molecule has 0 amide bonds. The van der Waals surface area contributed by atoms with Gasteiger partial charge in [0.25, 0.3) is 0 Å². The van der Waals surface area contributed by atoms with Crippen LogP contribution in [0.2, 0.25) is 0 Å². The molecule has 68 valence electrons. The van der Waals surface area contributed by atoms with Crippen molar-refractivity contribution in [3.8, 4) is 0 Å². The topological polar surface area (TPSA) is 24.9 Å². The quantitative estimate of drug-likeness (QED) is 0.890. The summed E-state index contributed by atoms with van der Waals surface area (Å²) < 4.78 is 1.09. The third-order valence-corrected chi connectivity index (χ3v) is 3.11. The average Bonchev–Trinajstić information content (AvgIpc) is 2.34. The van der Waals surface area contributed by atoms with Gasteiger partial charge in [0.05, 0.1) is 16.0 Å². The van der Waals surface area contributed by atoms with Gasteiger partial charge in [-0.3, -0.25) is 0 Å². The predicted octanol–water partition coefficient (Wildman–Crippen LogP) is 2.96. The van der Waals surface area contributed by atoms with Gasteiger partial charge >= 0.3 is 0 Å². The molecule has 1 aromatic rings. The highest BCUT2D eigenvalue weighted by atomic mass is 79.9. The first-order valence-electron chi connectivity index (χ1n) is 3.97. The molecule has 1 rings (SSSR count). The summed E-state index contributed by atoms with van der Waals surface area (Å²) in [4.78, 5) is 4.28. The Bertz CT molecular complexity index is 247. The molecular weight excluding hydrogens is 236 g/mol. The van der Waals surface area contributed by atoms with Crippen LogP contribution in [0, 0.1) is 0 Å². The monoisotopic (exact) mass is 248 g/mol. The van der Waals surface area contributed by atoms with E-state index in [1.807, 2.05) is 6.20 Å². The van der Waals surface area contributed by atoms with Gasteiger partial charge in [-0.1, -0.05) is 13.8 Å². The van der Waals surface area contributed by atoms with E-state index in [-0.39, 0.29) is 0 Å². The molecule has 0 spiro atoms. The van der Waals surface area contributed by atoms with Crippen LogP contribution in [0.15, 0.2) is 9.98 Å². The minimum atomic E-state index is 0.348. The van der Waals surface area contributed by atoms with E-state index in [1.54, 1.807) is 11.3 Å². The molecule has 0 aromatic carbocycles. The highest BCUT2D eigenvalue weighted by Gasteiger charge is 2.09. The minimum Gasteiger partial charge on any atom is -0.306 e. The van der Waals surface area contributed by atoms with Gasteiger partial charge < -0.3 is 5.32 Å². The van der Waals surface area contributed by atoms with Gasteiger partial charge in [0, 0.05) is 6.04 Å². The zero-order valence-corrected chi connectivity index (χ0v) is 9.87. The van der Waals surface area contributed by atoms with E-state index in [1.165, 1.54) is 0 Å². The van der Waals surface area contributed by atoms with E-state index in [4.69, 9.17) is 0 Å². The molecule has 1 heterocycles. The van der Waals surface area contributed by atoms with E-state index in [0.29, 0.717) is 12.1 Å². The van der Waals surface area contributed by atoms with Crippen LogP contribution < -0.4 is 5.32 Å². The molecule has 0 radical (unpaired) electrons. The Morgan fingerprint density at radius 2 is 2.17 bits per heavy atom. The number of thiazole rings is 1. The number of aromatic nitrogens is 1. The molecule has 0 aliphatic rings. The Morgan fingerprint density at radius 3 is 2.58 bits per heavy atom. The van der Waals surface area contributed by atoms with E-state index in [0.717, 1.165) is 8.79 Å². The fourth-order valence-electron chi connectivity index (χ4n) is 1.04. The molecule has 0 aliphatic carbocycles. The van der Waals surface area contributed by atoms with Crippen molar-refractivity contribution < 1.29 is 0 Å². The Labute approximate surface area is 85.5 Å². The smallest absolute Gasteiger partial charge is 0.110 e. The molecule has 2 nitrogen and oxygen atoms in total. The molecule has 0 saturated carbocycles. The summed E-state index contributed by atoms with van der Waals surface area (Å²) in [6.45, 7) is 6.41. The van der Waals surface area contributed by atoms with Crippen molar-refractivity contribution in [3.05, 3.63) is 15.0 Å². The fraction of sp³-hybridized carbons (Fsp3) is 0.625. The summed E-state index contributed by atoms with van der Waals surface area (Å²) in [7, 11) is 0. The third kappa shape index (κ3) is 2.84. The van der Waals surface area contributed by atoms with E-state index in [2.05, 4.69) is 47.0 Å². The lowest BCUT2D eigenvalue weighted by Crippen LogP contribution is -2.25. The van der Waals surface area contributed by atoms with E-state index < -0.39 is 0 Å². The largest absolute Gasteiger partial charge is 0.306 e. The third-order valence-electron chi connectivity index (χ3n) is 1.45. The lowest BCUT2D eigenvalue weighted by molar-refractivity contribution is 0.504. The Balaban J connectivity index is 2.58. The summed E-state index contributed by atoms with van der Waals surface area (Å²) in [6.07, 6.45) is 1.85. The first-order chi connectivity index (χ1) is 5.59. The van der Waals surface area contributed by atoms with Gasteiger partial charge in [0.2, 0.25) is 0 Å². The lowest BCUT2D eigenvalue weighted by atomic mass is 10.3. The van der Waals surface area contributed by atoms with Crippen LogP contribution in [-0.2, 0) is 0 Å². The maximum Gasteiger partial charge on any atom is 0.110 e. The maximum absolute atomic E-state index is 4.28. The predicted molar refractivity (Wildman–Crippen MR) is 56.5 cm³/mol. The van der Waals surface area contributed by atoms with E-state index in [9.17, 15) is 0 Å². The van der Waals surface area contributed by atoms with Crippen molar-refractivity contribution in [3.63, 3.8) is 0 Å². The fourth-order valence-corrected chi connectivity index (χ4v) is 2.29. The second-order valence-electron chi connectivity index (χ2n) is 3.05. The molecular formula is C8H13BrN2S. The molecule has 0 saturated heterocycles. The summed E-state index contributed by atoms with van der Waals surface area (Å²) in [6, 6.07) is 0.851. The van der Waals surface area contributed by atoms with Crippen LogP contribution in [0.4, 0.5) is 0 Å². The number of nitrogens with zero attached hydrogens (tertiary/aromatic N) is 1. The van der Waals surface area contributed by atoms with E-state index >= 15 is 0 Å². The van der Waals surface area contributed by atoms with Crippen LogP contribution in [0.1, 0.15) is 31.8 Å². The number of hydrogen-bond donors (Lipinski definition) is 1. The highest BCUT2D eigenvalue weighted by molar-refractivity contribution is 9.11. The molecule has 0 aliphatic heterocycles. The van der Waals surface area contributed by atoms with Crippen LogP contribution in [-0.4, -0.2) is 11.0 Å². The van der Waals surface area contributed by atoms with Gasteiger partial charge in [-0.15, -0.1) is 11.3 Å². The number of halogens is 1. The van der Waals surface area contributed by atoms with Gasteiger partial charge in [0.15, 0.2) is 0 Å².